The molecule has 0 spiro atoms. The van der Waals surface area contributed by atoms with Gasteiger partial charge in [0.15, 0.2) is 17.0 Å². The van der Waals surface area contributed by atoms with Crippen LogP contribution in [0.15, 0.2) is 70.3 Å². The Bertz CT molecular complexity index is 1150. The second-order valence-electron chi connectivity index (χ2n) is 5.51. The molecule has 0 bridgehead atoms. The Labute approximate surface area is 141 Å². The molecule has 7 heteroatoms. The zero-order valence-corrected chi connectivity index (χ0v) is 13.1. The normalized spacial score (nSPS) is 10.9. The minimum Gasteiger partial charge on any atom is -0.288 e. The van der Waals surface area contributed by atoms with E-state index >= 15 is 0 Å². The van der Waals surface area contributed by atoms with E-state index in [0.29, 0.717) is 5.82 Å². The molecule has 0 aliphatic rings. The lowest BCUT2D eigenvalue weighted by atomic mass is 10.2. The Hall–Kier alpha value is -3.61. The summed E-state index contributed by atoms with van der Waals surface area (Å²) < 4.78 is 1.11. The molecule has 0 radical (unpaired) electrons. The number of nitrogens with one attached hydrogen (secondary N) is 1. The fourth-order valence-corrected chi connectivity index (χ4v) is 2.57. The van der Waals surface area contributed by atoms with Gasteiger partial charge in [0.1, 0.15) is 0 Å². The summed E-state index contributed by atoms with van der Waals surface area (Å²) in [6.45, 7) is 0.162. The van der Waals surface area contributed by atoms with Gasteiger partial charge in [-0.2, -0.15) is 0 Å². The lowest BCUT2D eigenvalue weighted by Crippen LogP contribution is -2.36. The molecule has 4 rings (SSSR count). The van der Waals surface area contributed by atoms with Gasteiger partial charge in [0.05, 0.1) is 6.54 Å². The summed E-state index contributed by atoms with van der Waals surface area (Å²) in [5, 5.41) is 7.94. The first-order valence-corrected chi connectivity index (χ1v) is 7.69. The Morgan fingerprint density at radius 3 is 2.28 bits per heavy atom. The van der Waals surface area contributed by atoms with E-state index in [0.717, 1.165) is 15.7 Å². The van der Waals surface area contributed by atoms with Crippen LogP contribution < -0.4 is 11.2 Å². The molecule has 122 valence electrons. The summed E-state index contributed by atoms with van der Waals surface area (Å²) in [4.78, 5) is 31.9. The van der Waals surface area contributed by atoms with Gasteiger partial charge in [-0.15, -0.1) is 10.2 Å². The molecule has 0 saturated carbocycles. The number of fused-ring (bicyclic) bond motifs is 1. The van der Waals surface area contributed by atoms with Crippen molar-refractivity contribution in [1.29, 1.82) is 0 Å². The van der Waals surface area contributed by atoms with Crippen LogP contribution in [0.25, 0.3) is 22.6 Å². The molecule has 0 atom stereocenters. The smallest absolute Gasteiger partial charge is 0.288 e. The number of aromatic amines is 1. The second kappa shape index (κ2) is 6.12. The van der Waals surface area contributed by atoms with Crippen molar-refractivity contribution in [3.05, 3.63) is 87.1 Å². The highest BCUT2D eigenvalue weighted by atomic mass is 16.2. The molecule has 2 aromatic carbocycles. The highest BCUT2D eigenvalue weighted by Crippen LogP contribution is 2.13. The SMILES string of the molecule is O=c1[nH]c2nnc(-c3ccccc3)nc2c(=O)n1Cc1ccccc1. The van der Waals surface area contributed by atoms with Crippen molar-refractivity contribution >= 4 is 11.2 Å². The monoisotopic (exact) mass is 331 g/mol. The topological polar surface area (TPSA) is 93.5 Å². The molecule has 0 unspecified atom stereocenters. The Balaban J connectivity index is 1.88. The van der Waals surface area contributed by atoms with E-state index < -0.39 is 11.2 Å². The van der Waals surface area contributed by atoms with Crippen LogP contribution in [0.4, 0.5) is 0 Å². The molecule has 0 aliphatic heterocycles. The van der Waals surface area contributed by atoms with Gasteiger partial charge in [0, 0.05) is 5.56 Å². The van der Waals surface area contributed by atoms with Crippen LogP contribution in [-0.4, -0.2) is 24.7 Å². The minimum atomic E-state index is -0.537. The predicted molar refractivity (Wildman–Crippen MR) is 93.2 cm³/mol. The third-order valence-corrected chi connectivity index (χ3v) is 3.82. The first kappa shape index (κ1) is 14.9. The van der Waals surface area contributed by atoms with E-state index in [1.165, 1.54) is 0 Å². The zero-order chi connectivity index (χ0) is 17.2. The molecule has 4 aromatic rings. The van der Waals surface area contributed by atoms with E-state index in [-0.39, 0.29) is 17.7 Å². The van der Waals surface area contributed by atoms with Gasteiger partial charge >= 0.3 is 5.69 Å². The van der Waals surface area contributed by atoms with Crippen LogP contribution in [0.1, 0.15) is 5.56 Å². The zero-order valence-electron chi connectivity index (χ0n) is 13.1. The highest BCUT2D eigenvalue weighted by Gasteiger charge is 2.13. The van der Waals surface area contributed by atoms with Gasteiger partial charge in [-0.25, -0.2) is 9.78 Å². The van der Waals surface area contributed by atoms with Crippen molar-refractivity contribution < 1.29 is 0 Å². The Morgan fingerprint density at radius 2 is 1.56 bits per heavy atom. The van der Waals surface area contributed by atoms with E-state index in [1.807, 2.05) is 60.7 Å². The average Bonchev–Trinajstić information content (AvgIpc) is 2.66. The lowest BCUT2D eigenvalue weighted by molar-refractivity contribution is 0.705. The summed E-state index contributed by atoms with van der Waals surface area (Å²) in [5.74, 6) is 0.337. The third-order valence-electron chi connectivity index (χ3n) is 3.82. The van der Waals surface area contributed by atoms with Crippen LogP contribution in [0.2, 0.25) is 0 Å². The molecule has 2 aromatic heterocycles. The average molecular weight is 331 g/mol. The van der Waals surface area contributed by atoms with Crippen molar-refractivity contribution in [3.8, 4) is 11.4 Å². The summed E-state index contributed by atoms with van der Waals surface area (Å²) in [6.07, 6.45) is 0. The minimum absolute atomic E-state index is 0.0824. The summed E-state index contributed by atoms with van der Waals surface area (Å²) >= 11 is 0. The number of H-pyrrole nitrogens is 1. The quantitative estimate of drug-likeness (QED) is 0.615. The first-order chi connectivity index (χ1) is 12.2. The fraction of sp³-hybridized carbons (Fsp3) is 0.0556. The maximum Gasteiger partial charge on any atom is 0.330 e. The lowest BCUT2D eigenvalue weighted by Gasteiger charge is -2.06. The Kier molecular flexibility index (Phi) is 3.66. The number of hydrogen-bond acceptors (Lipinski definition) is 5. The van der Waals surface area contributed by atoms with E-state index in [1.54, 1.807) is 0 Å². The highest BCUT2D eigenvalue weighted by molar-refractivity contribution is 5.70. The molecule has 7 nitrogen and oxygen atoms in total. The van der Waals surface area contributed by atoms with Gasteiger partial charge < -0.3 is 0 Å². The maximum atomic E-state index is 12.7. The molecule has 25 heavy (non-hydrogen) atoms. The van der Waals surface area contributed by atoms with Crippen molar-refractivity contribution in [3.63, 3.8) is 0 Å². The molecule has 0 saturated heterocycles. The predicted octanol–water partition coefficient (Wildman–Crippen LogP) is 1.59. The molecule has 0 aliphatic carbocycles. The van der Waals surface area contributed by atoms with Gasteiger partial charge in [0.25, 0.3) is 5.56 Å². The van der Waals surface area contributed by atoms with Crippen LogP contribution in [0, 0.1) is 0 Å². The van der Waals surface area contributed by atoms with Gasteiger partial charge in [-0.05, 0) is 5.56 Å². The molecular formula is C18H13N5O2. The number of rotatable bonds is 3. The van der Waals surface area contributed by atoms with Crippen molar-refractivity contribution in [1.82, 2.24) is 24.7 Å². The van der Waals surface area contributed by atoms with Crippen LogP contribution >= 0.6 is 0 Å². The van der Waals surface area contributed by atoms with E-state index in [4.69, 9.17) is 0 Å². The first-order valence-electron chi connectivity index (χ1n) is 7.69. The van der Waals surface area contributed by atoms with Gasteiger partial charge in [0.2, 0.25) is 0 Å². The largest absolute Gasteiger partial charge is 0.330 e. The summed E-state index contributed by atoms with van der Waals surface area (Å²) in [5.41, 5.74) is 0.736. The molecule has 0 fully saturated rings. The van der Waals surface area contributed by atoms with Crippen LogP contribution in [0.5, 0.6) is 0 Å². The van der Waals surface area contributed by atoms with Crippen LogP contribution in [-0.2, 0) is 6.54 Å². The third kappa shape index (κ3) is 2.83. The standard InChI is InChI=1S/C18H13N5O2/c24-17-14-16(22-21-15(19-14)13-9-5-2-6-10-13)20-18(25)23(17)11-12-7-3-1-4-8-12/h1-10H,11H2,(H,20,22,25). The number of aromatic nitrogens is 5. The summed E-state index contributed by atoms with van der Waals surface area (Å²) in [6, 6.07) is 18.5. The molecular weight excluding hydrogens is 318 g/mol. The maximum absolute atomic E-state index is 12.7. The van der Waals surface area contributed by atoms with E-state index in [2.05, 4.69) is 20.2 Å². The fourth-order valence-electron chi connectivity index (χ4n) is 2.57. The molecule has 2 heterocycles. The van der Waals surface area contributed by atoms with Crippen LogP contribution in [0.3, 0.4) is 0 Å². The van der Waals surface area contributed by atoms with Crippen molar-refractivity contribution in [2.24, 2.45) is 0 Å². The van der Waals surface area contributed by atoms with Gasteiger partial charge in [-0.3, -0.25) is 14.3 Å². The number of nitrogens with zero attached hydrogens (tertiary/aromatic N) is 4. The van der Waals surface area contributed by atoms with E-state index in [9.17, 15) is 9.59 Å². The van der Waals surface area contributed by atoms with Crippen molar-refractivity contribution in [2.75, 3.05) is 0 Å². The number of benzene rings is 2. The molecule has 0 amide bonds. The van der Waals surface area contributed by atoms with Crippen molar-refractivity contribution in [2.45, 2.75) is 6.54 Å². The molecule has 1 N–H and O–H groups in total. The second-order valence-corrected chi connectivity index (χ2v) is 5.51. The number of hydrogen-bond donors (Lipinski definition) is 1. The van der Waals surface area contributed by atoms with Gasteiger partial charge in [-0.1, -0.05) is 60.7 Å². The summed E-state index contributed by atoms with van der Waals surface area (Å²) in [7, 11) is 0. The Morgan fingerprint density at radius 1 is 0.880 bits per heavy atom.